The molecule has 0 aliphatic carbocycles. The first kappa shape index (κ1) is 17.3. The molecule has 1 atom stereocenters. The highest BCUT2D eigenvalue weighted by molar-refractivity contribution is 6.07. The average Bonchev–Trinajstić information content (AvgIpc) is 3.41. The molecule has 140 valence electrons. The molecule has 27 heavy (non-hydrogen) atoms. The Hall–Kier alpha value is -3.16. The van der Waals surface area contributed by atoms with E-state index in [4.69, 9.17) is 8.94 Å². The maximum atomic E-state index is 13.2. The lowest BCUT2D eigenvalue weighted by molar-refractivity contribution is -0.141. The molecule has 3 aromatic rings. The molecule has 1 aliphatic rings. The molecule has 1 amide bonds. The molecule has 0 aromatic carbocycles. The Bertz CT molecular complexity index is 992. The number of pyridine rings is 1. The number of furan rings is 1. The van der Waals surface area contributed by atoms with Crippen LogP contribution in [0, 0.1) is 5.92 Å². The van der Waals surface area contributed by atoms with Crippen molar-refractivity contribution in [3.8, 4) is 11.5 Å². The van der Waals surface area contributed by atoms with Gasteiger partial charge >= 0.3 is 5.97 Å². The monoisotopic (exact) mass is 369 g/mol. The Balaban J connectivity index is 1.80. The van der Waals surface area contributed by atoms with Crippen LogP contribution in [0.25, 0.3) is 22.6 Å². The summed E-state index contributed by atoms with van der Waals surface area (Å²) in [5.41, 5.74) is 1.86. The summed E-state index contributed by atoms with van der Waals surface area (Å²) >= 11 is 0. The highest BCUT2D eigenvalue weighted by Crippen LogP contribution is 2.30. The van der Waals surface area contributed by atoms with Crippen LogP contribution in [0.3, 0.4) is 0 Å². The highest BCUT2D eigenvalue weighted by atomic mass is 16.5. The summed E-state index contributed by atoms with van der Waals surface area (Å²) in [4.78, 5) is 30.5. The van der Waals surface area contributed by atoms with Gasteiger partial charge in [0, 0.05) is 13.1 Å². The number of aromatic nitrogens is 2. The topological polar surface area (TPSA) is 110 Å². The average molecular weight is 369 g/mol. The Morgan fingerprint density at radius 2 is 2.26 bits per heavy atom. The van der Waals surface area contributed by atoms with Crippen molar-refractivity contribution in [1.29, 1.82) is 0 Å². The van der Waals surface area contributed by atoms with Crippen LogP contribution in [-0.4, -0.2) is 45.1 Å². The molecule has 0 radical (unpaired) electrons. The molecule has 1 fully saturated rings. The summed E-state index contributed by atoms with van der Waals surface area (Å²) in [5, 5.41) is 13.9. The zero-order chi connectivity index (χ0) is 19.0. The van der Waals surface area contributed by atoms with E-state index in [9.17, 15) is 14.7 Å². The molecule has 3 aromatic heterocycles. The van der Waals surface area contributed by atoms with Crippen LogP contribution < -0.4 is 0 Å². The van der Waals surface area contributed by atoms with Crippen LogP contribution in [0.5, 0.6) is 0 Å². The molecule has 8 nitrogen and oxygen atoms in total. The predicted octanol–water partition coefficient (Wildman–Crippen LogP) is 2.98. The van der Waals surface area contributed by atoms with Crippen LogP contribution in [0.1, 0.15) is 35.8 Å². The fraction of sp³-hybridized carbons (Fsp3) is 0.368. The van der Waals surface area contributed by atoms with Crippen molar-refractivity contribution in [2.24, 2.45) is 5.92 Å². The smallest absolute Gasteiger partial charge is 0.308 e. The number of carbonyl (C=O) groups is 2. The molecular weight excluding hydrogens is 350 g/mol. The number of carbonyl (C=O) groups excluding carboxylic acids is 1. The third-order valence-corrected chi connectivity index (χ3v) is 4.83. The van der Waals surface area contributed by atoms with Crippen molar-refractivity contribution in [2.45, 2.75) is 26.2 Å². The van der Waals surface area contributed by atoms with Gasteiger partial charge in [-0.05, 0) is 31.0 Å². The van der Waals surface area contributed by atoms with Crippen LogP contribution in [-0.2, 0) is 11.2 Å². The predicted molar refractivity (Wildman–Crippen MR) is 95.1 cm³/mol. The normalized spacial score (nSPS) is 16.9. The van der Waals surface area contributed by atoms with Crippen molar-refractivity contribution >= 4 is 23.0 Å². The van der Waals surface area contributed by atoms with E-state index in [1.807, 2.05) is 6.92 Å². The quantitative estimate of drug-likeness (QED) is 0.736. The van der Waals surface area contributed by atoms with E-state index in [-0.39, 0.29) is 18.2 Å². The standard InChI is InChI=1S/C19H19N3O5/c1-2-4-13-16-12(18(23)22-7-6-11(10-22)19(24)25)9-14(15-5-3-8-26-15)20-17(16)27-21-13/h3,5,8-9,11H,2,4,6-7,10H2,1H3,(H,24,25). The summed E-state index contributed by atoms with van der Waals surface area (Å²) in [6, 6.07) is 5.17. The van der Waals surface area contributed by atoms with E-state index in [0.29, 0.717) is 47.5 Å². The number of aliphatic carboxylic acids is 1. The fourth-order valence-electron chi connectivity index (χ4n) is 3.45. The van der Waals surface area contributed by atoms with Gasteiger partial charge in [0.15, 0.2) is 5.76 Å². The minimum atomic E-state index is -0.877. The molecule has 0 saturated carbocycles. The molecule has 4 heterocycles. The van der Waals surface area contributed by atoms with Gasteiger partial charge in [-0.2, -0.15) is 0 Å². The molecule has 8 heteroatoms. The summed E-state index contributed by atoms with van der Waals surface area (Å²) in [6.45, 7) is 2.62. The number of fused-ring (bicyclic) bond motifs is 1. The largest absolute Gasteiger partial charge is 0.481 e. The number of rotatable bonds is 5. The van der Waals surface area contributed by atoms with E-state index in [1.165, 1.54) is 6.26 Å². The maximum absolute atomic E-state index is 13.2. The number of likely N-dealkylation sites (tertiary alicyclic amines) is 1. The van der Waals surface area contributed by atoms with Gasteiger partial charge in [-0.25, -0.2) is 4.98 Å². The summed E-state index contributed by atoms with van der Waals surface area (Å²) in [7, 11) is 0. The van der Waals surface area contributed by atoms with Crippen LogP contribution >= 0.6 is 0 Å². The SMILES string of the molecule is CCCc1noc2nc(-c3ccco3)cc(C(=O)N3CCC(C(=O)O)C3)c12. The molecule has 1 aliphatic heterocycles. The molecule has 4 rings (SSSR count). The lowest BCUT2D eigenvalue weighted by atomic mass is 10.0. The van der Waals surface area contributed by atoms with Crippen molar-refractivity contribution in [3.63, 3.8) is 0 Å². The second-order valence-corrected chi connectivity index (χ2v) is 6.67. The first-order valence-corrected chi connectivity index (χ1v) is 8.93. The van der Waals surface area contributed by atoms with E-state index >= 15 is 0 Å². The zero-order valence-electron chi connectivity index (χ0n) is 14.8. The summed E-state index contributed by atoms with van der Waals surface area (Å²) in [6.07, 6.45) is 3.49. The van der Waals surface area contributed by atoms with E-state index in [2.05, 4.69) is 10.1 Å². The van der Waals surface area contributed by atoms with Gasteiger partial charge in [-0.15, -0.1) is 0 Å². The lowest BCUT2D eigenvalue weighted by Gasteiger charge is -2.16. The maximum Gasteiger partial charge on any atom is 0.308 e. The second-order valence-electron chi connectivity index (χ2n) is 6.67. The van der Waals surface area contributed by atoms with Gasteiger partial charge in [0.2, 0.25) is 0 Å². The number of carboxylic acids is 1. The minimum Gasteiger partial charge on any atom is -0.481 e. The summed E-state index contributed by atoms with van der Waals surface area (Å²) in [5.74, 6) is -1.13. The van der Waals surface area contributed by atoms with Gasteiger partial charge in [0.1, 0.15) is 5.69 Å². The molecule has 0 bridgehead atoms. The zero-order valence-corrected chi connectivity index (χ0v) is 14.8. The van der Waals surface area contributed by atoms with Gasteiger partial charge in [-0.1, -0.05) is 18.5 Å². The lowest BCUT2D eigenvalue weighted by Crippen LogP contribution is -2.30. The van der Waals surface area contributed by atoms with E-state index in [0.717, 1.165) is 6.42 Å². The van der Waals surface area contributed by atoms with Gasteiger partial charge < -0.3 is 18.9 Å². The van der Waals surface area contributed by atoms with E-state index in [1.54, 1.807) is 23.1 Å². The minimum absolute atomic E-state index is 0.197. The number of aryl methyl sites for hydroxylation is 1. The van der Waals surface area contributed by atoms with Gasteiger partial charge in [-0.3, -0.25) is 9.59 Å². The fourth-order valence-corrected chi connectivity index (χ4v) is 3.45. The van der Waals surface area contributed by atoms with Crippen molar-refractivity contribution in [2.75, 3.05) is 13.1 Å². The first-order valence-electron chi connectivity index (χ1n) is 8.93. The number of amides is 1. The Morgan fingerprint density at radius 1 is 1.41 bits per heavy atom. The van der Waals surface area contributed by atoms with Crippen molar-refractivity contribution < 1.29 is 23.6 Å². The van der Waals surface area contributed by atoms with Gasteiger partial charge in [0.25, 0.3) is 11.6 Å². The summed E-state index contributed by atoms with van der Waals surface area (Å²) < 4.78 is 10.8. The number of carboxylic acid groups (broad SMARTS) is 1. The second kappa shape index (κ2) is 6.86. The third-order valence-electron chi connectivity index (χ3n) is 4.83. The molecule has 1 N–H and O–H groups in total. The number of nitrogens with zero attached hydrogens (tertiary/aromatic N) is 3. The third kappa shape index (κ3) is 3.07. The highest BCUT2D eigenvalue weighted by Gasteiger charge is 2.33. The van der Waals surface area contributed by atoms with Crippen LogP contribution in [0.15, 0.2) is 33.4 Å². The first-order chi connectivity index (χ1) is 13.1. The van der Waals surface area contributed by atoms with Crippen LogP contribution in [0.2, 0.25) is 0 Å². The Labute approximate surface area is 154 Å². The molecule has 1 saturated heterocycles. The number of hydrogen-bond acceptors (Lipinski definition) is 6. The molecule has 1 unspecified atom stereocenters. The van der Waals surface area contributed by atoms with Crippen molar-refractivity contribution in [1.82, 2.24) is 15.0 Å². The van der Waals surface area contributed by atoms with Crippen LogP contribution in [0.4, 0.5) is 0 Å². The molecule has 0 spiro atoms. The Morgan fingerprint density at radius 3 is 2.93 bits per heavy atom. The van der Waals surface area contributed by atoms with E-state index < -0.39 is 11.9 Å². The number of hydrogen-bond donors (Lipinski definition) is 1. The Kier molecular flexibility index (Phi) is 4.39. The van der Waals surface area contributed by atoms with Crippen molar-refractivity contribution in [3.05, 3.63) is 35.7 Å². The van der Waals surface area contributed by atoms with Gasteiger partial charge in [0.05, 0.1) is 28.8 Å². The molecular formula is C19H19N3O5.